The molecule has 76 valence electrons. The van der Waals surface area contributed by atoms with E-state index in [0.717, 1.165) is 0 Å². The van der Waals surface area contributed by atoms with Gasteiger partial charge in [0.2, 0.25) is 0 Å². The van der Waals surface area contributed by atoms with Crippen molar-refractivity contribution >= 4 is 34.7 Å². The Bertz CT molecular complexity index is 456. The van der Waals surface area contributed by atoms with Crippen LogP contribution >= 0.6 is 22.9 Å². The van der Waals surface area contributed by atoms with Gasteiger partial charge in [0.05, 0.1) is 5.51 Å². The molecule has 2 aromatic heterocycles. The van der Waals surface area contributed by atoms with Crippen LogP contribution in [0.5, 0.6) is 0 Å². The maximum atomic E-state index is 11.5. The van der Waals surface area contributed by atoms with Crippen LogP contribution in [0.15, 0.2) is 23.0 Å². The summed E-state index contributed by atoms with van der Waals surface area (Å²) in [6, 6.07) is 3.12. The molecule has 0 aliphatic rings. The Balaban J connectivity index is 2.09. The third-order valence-electron chi connectivity index (χ3n) is 1.54. The molecular formula is C8H5ClN4OS. The summed E-state index contributed by atoms with van der Waals surface area (Å²) in [5.74, 6) is 0.0327. The number of halogens is 1. The number of anilines is 1. The molecule has 0 atom stereocenters. The zero-order valence-corrected chi connectivity index (χ0v) is 8.92. The van der Waals surface area contributed by atoms with Gasteiger partial charge in [-0.25, -0.2) is 4.98 Å². The van der Waals surface area contributed by atoms with E-state index in [1.807, 2.05) is 0 Å². The zero-order chi connectivity index (χ0) is 10.7. The first-order valence-electron chi connectivity index (χ1n) is 3.94. The van der Waals surface area contributed by atoms with Crippen LogP contribution in [-0.4, -0.2) is 21.1 Å². The molecule has 1 N–H and O–H groups in total. The normalized spacial score (nSPS) is 9.93. The van der Waals surface area contributed by atoms with Gasteiger partial charge < -0.3 is 5.32 Å². The summed E-state index contributed by atoms with van der Waals surface area (Å²) < 4.78 is 0. The molecule has 0 bridgehead atoms. The number of aromatic nitrogens is 3. The standard InChI is InChI=1S/C8H5ClN4OS/c9-6-1-2-7(13-12-6)11-8(14)5-3-15-4-10-5/h1-4H,(H,11,13,14). The minimum Gasteiger partial charge on any atom is -0.304 e. The molecule has 0 fully saturated rings. The highest BCUT2D eigenvalue weighted by atomic mass is 35.5. The lowest BCUT2D eigenvalue weighted by molar-refractivity contribution is 0.102. The van der Waals surface area contributed by atoms with E-state index in [0.29, 0.717) is 11.5 Å². The van der Waals surface area contributed by atoms with Crippen molar-refractivity contribution in [3.05, 3.63) is 33.9 Å². The monoisotopic (exact) mass is 240 g/mol. The van der Waals surface area contributed by atoms with Gasteiger partial charge in [0, 0.05) is 5.38 Å². The molecule has 2 aromatic rings. The fourth-order valence-corrected chi connectivity index (χ4v) is 1.52. The molecule has 1 amide bonds. The quantitative estimate of drug-likeness (QED) is 0.870. The molecule has 0 spiro atoms. The first kappa shape index (κ1) is 10.0. The van der Waals surface area contributed by atoms with E-state index >= 15 is 0 Å². The van der Waals surface area contributed by atoms with E-state index in [2.05, 4.69) is 20.5 Å². The first-order valence-corrected chi connectivity index (χ1v) is 5.26. The van der Waals surface area contributed by atoms with Crippen LogP contribution in [0.2, 0.25) is 5.15 Å². The van der Waals surface area contributed by atoms with Gasteiger partial charge in [-0.2, -0.15) is 0 Å². The molecule has 0 aliphatic carbocycles. The number of nitrogens with one attached hydrogen (secondary N) is 1. The molecule has 0 saturated carbocycles. The second-order valence-electron chi connectivity index (χ2n) is 2.57. The average Bonchev–Trinajstić information content (AvgIpc) is 2.74. The average molecular weight is 241 g/mol. The molecule has 5 nitrogen and oxygen atoms in total. The van der Waals surface area contributed by atoms with Gasteiger partial charge >= 0.3 is 0 Å². The number of rotatable bonds is 2. The van der Waals surface area contributed by atoms with Crippen molar-refractivity contribution in [2.75, 3.05) is 5.32 Å². The summed E-state index contributed by atoms with van der Waals surface area (Å²) >= 11 is 6.90. The Morgan fingerprint density at radius 2 is 2.27 bits per heavy atom. The van der Waals surface area contributed by atoms with Crippen molar-refractivity contribution in [2.45, 2.75) is 0 Å². The topological polar surface area (TPSA) is 67.8 Å². The van der Waals surface area contributed by atoms with Gasteiger partial charge in [0.15, 0.2) is 11.0 Å². The van der Waals surface area contributed by atoms with Crippen molar-refractivity contribution in [3.63, 3.8) is 0 Å². The third-order valence-corrected chi connectivity index (χ3v) is 2.33. The number of amides is 1. The van der Waals surface area contributed by atoms with E-state index in [1.165, 1.54) is 11.3 Å². The highest BCUT2D eigenvalue weighted by Crippen LogP contribution is 2.08. The number of nitrogens with zero attached hydrogens (tertiary/aromatic N) is 3. The molecule has 0 aliphatic heterocycles. The van der Waals surface area contributed by atoms with Crippen LogP contribution in [-0.2, 0) is 0 Å². The highest BCUT2D eigenvalue weighted by Gasteiger charge is 2.08. The minimum atomic E-state index is -0.312. The first-order chi connectivity index (χ1) is 7.25. The minimum absolute atomic E-state index is 0.279. The Morgan fingerprint density at radius 1 is 1.40 bits per heavy atom. The lowest BCUT2D eigenvalue weighted by Gasteiger charge is -2.00. The summed E-state index contributed by atoms with van der Waals surface area (Å²) in [6.07, 6.45) is 0. The van der Waals surface area contributed by atoms with Crippen molar-refractivity contribution in [1.29, 1.82) is 0 Å². The Morgan fingerprint density at radius 3 is 2.87 bits per heavy atom. The van der Waals surface area contributed by atoms with Gasteiger partial charge in [-0.1, -0.05) is 11.6 Å². The molecule has 0 saturated heterocycles. The van der Waals surface area contributed by atoms with Crippen LogP contribution in [0.3, 0.4) is 0 Å². The van der Waals surface area contributed by atoms with Crippen molar-refractivity contribution in [1.82, 2.24) is 15.2 Å². The molecule has 0 aromatic carbocycles. The maximum Gasteiger partial charge on any atom is 0.276 e. The van der Waals surface area contributed by atoms with Gasteiger partial charge in [0.25, 0.3) is 5.91 Å². The van der Waals surface area contributed by atoms with Crippen molar-refractivity contribution in [2.24, 2.45) is 0 Å². The van der Waals surface area contributed by atoms with E-state index in [1.54, 1.807) is 23.0 Å². The van der Waals surface area contributed by atoms with Crippen LogP contribution in [0.1, 0.15) is 10.5 Å². The van der Waals surface area contributed by atoms with E-state index < -0.39 is 0 Å². The third kappa shape index (κ3) is 2.48. The lowest BCUT2D eigenvalue weighted by Crippen LogP contribution is -2.13. The largest absolute Gasteiger partial charge is 0.304 e. The van der Waals surface area contributed by atoms with E-state index in [9.17, 15) is 4.79 Å². The van der Waals surface area contributed by atoms with Gasteiger partial charge in [0.1, 0.15) is 5.69 Å². The number of carbonyl (C=O) groups excluding carboxylic acids is 1. The second-order valence-corrected chi connectivity index (χ2v) is 3.68. The molecule has 2 heterocycles. The lowest BCUT2D eigenvalue weighted by atomic mass is 10.4. The van der Waals surface area contributed by atoms with Crippen LogP contribution < -0.4 is 5.32 Å². The molecular weight excluding hydrogens is 236 g/mol. The molecule has 0 unspecified atom stereocenters. The maximum absolute atomic E-state index is 11.5. The predicted octanol–water partition coefficient (Wildman–Crippen LogP) is 1.84. The smallest absolute Gasteiger partial charge is 0.276 e. The van der Waals surface area contributed by atoms with E-state index in [-0.39, 0.29) is 11.1 Å². The molecule has 7 heteroatoms. The molecule has 0 radical (unpaired) electrons. The SMILES string of the molecule is O=C(Nc1ccc(Cl)nn1)c1cscn1. The van der Waals surface area contributed by atoms with E-state index in [4.69, 9.17) is 11.6 Å². The summed E-state index contributed by atoms with van der Waals surface area (Å²) in [5, 5.41) is 11.8. The predicted molar refractivity (Wildman–Crippen MR) is 57.1 cm³/mol. The summed E-state index contributed by atoms with van der Waals surface area (Å²) in [4.78, 5) is 15.4. The summed E-state index contributed by atoms with van der Waals surface area (Å²) in [5.41, 5.74) is 1.94. The number of carbonyl (C=O) groups is 1. The van der Waals surface area contributed by atoms with Crippen molar-refractivity contribution in [3.8, 4) is 0 Å². The second kappa shape index (κ2) is 4.33. The molecule has 2 rings (SSSR count). The van der Waals surface area contributed by atoms with Gasteiger partial charge in [-0.05, 0) is 12.1 Å². The zero-order valence-electron chi connectivity index (χ0n) is 7.35. The van der Waals surface area contributed by atoms with Crippen LogP contribution in [0.4, 0.5) is 5.82 Å². The summed E-state index contributed by atoms with van der Waals surface area (Å²) in [7, 11) is 0. The van der Waals surface area contributed by atoms with Crippen molar-refractivity contribution < 1.29 is 4.79 Å². The molecule has 15 heavy (non-hydrogen) atoms. The summed E-state index contributed by atoms with van der Waals surface area (Å²) in [6.45, 7) is 0. The van der Waals surface area contributed by atoms with Gasteiger partial charge in [-0.15, -0.1) is 21.5 Å². The fourth-order valence-electron chi connectivity index (χ4n) is 0.888. The van der Waals surface area contributed by atoms with Crippen LogP contribution in [0.25, 0.3) is 0 Å². The Hall–Kier alpha value is -1.53. The number of thiazole rings is 1. The van der Waals surface area contributed by atoms with Gasteiger partial charge in [-0.3, -0.25) is 4.79 Å². The fraction of sp³-hybridized carbons (Fsp3) is 0. The number of hydrogen-bond acceptors (Lipinski definition) is 5. The highest BCUT2D eigenvalue weighted by molar-refractivity contribution is 7.07. The number of hydrogen-bond donors (Lipinski definition) is 1. The Labute approximate surface area is 94.1 Å². The van der Waals surface area contributed by atoms with Crippen LogP contribution in [0, 0.1) is 0 Å². The Kier molecular flexibility index (Phi) is 2.89.